The van der Waals surface area contributed by atoms with Crippen LogP contribution in [0.5, 0.6) is 5.75 Å². The van der Waals surface area contributed by atoms with Crippen LogP contribution in [-0.4, -0.2) is 37.6 Å². The molecule has 2 aromatic carbocycles. The highest BCUT2D eigenvalue weighted by Crippen LogP contribution is 2.28. The second-order valence-electron chi connectivity index (χ2n) is 6.31. The average molecular weight is 324 g/mol. The monoisotopic (exact) mass is 324 g/mol. The maximum absolute atomic E-state index is 12.9. The van der Waals surface area contributed by atoms with Crippen molar-refractivity contribution in [2.45, 2.75) is 25.9 Å². The molecule has 0 N–H and O–H groups in total. The van der Waals surface area contributed by atoms with Crippen molar-refractivity contribution in [3.63, 3.8) is 0 Å². The lowest BCUT2D eigenvalue weighted by Crippen LogP contribution is -2.45. The molecule has 0 radical (unpaired) electrons. The fraction of sp³-hybridized carbons (Fsp3) is 0.350. The minimum atomic E-state index is -0.178. The van der Waals surface area contributed by atoms with E-state index < -0.39 is 0 Å². The van der Waals surface area contributed by atoms with E-state index in [-0.39, 0.29) is 11.9 Å². The fourth-order valence-electron chi connectivity index (χ4n) is 3.18. The fourth-order valence-corrected chi connectivity index (χ4v) is 3.18. The number of likely N-dealkylation sites (N-methyl/N-ethyl adjacent to an activating group) is 1. The van der Waals surface area contributed by atoms with E-state index in [9.17, 15) is 4.79 Å². The maximum atomic E-state index is 12.9. The van der Waals surface area contributed by atoms with Crippen LogP contribution in [0, 0.1) is 0 Å². The van der Waals surface area contributed by atoms with Crippen molar-refractivity contribution in [2.24, 2.45) is 0 Å². The number of fused-ring (bicyclic) bond motifs is 1. The number of benzene rings is 2. The number of carbonyl (C=O) groups is 1. The van der Waals surface area contributed by atoms with Crippen molar-refractivity contribution in [1.82, 2.24) is 4.90 Å². The molecule has 3 rings (SSSR count). The molecule has 0 unspecified atom stereocenters. The summed E-state index contributed by atoms with van der Waals surface area (Å²) in [7, 11) is 3.66. The van der Waals surface area contributed by atoms with Gasteiger partial charge >= 0.3 is 0 Å². The Morgan fingerprint density at radius 1 is 1.25 bits per heavy atom. The molecule has 0 aromatic heterocycles. The highest BCUT2D eigenvalue weighted by Gasteiger charge is 2.29. The number of rotatable bonds is 5. The summed E-state index contributed by atoms with van der Waals surface area (Å²) in [6.07, 6.45) is 0.939. The number of anilines is 1. The van der Waals surface area contributed by atoms with Gasteiger partial charge in [-0.3, -0.25) is 9.69 Å². The number of hydrogen-bond donors (Lipinski definition) is 0. The Hall–Kier alpha value is -2.33. The summed E-state index contributed by atoms with van der Waals surface area (Å²) in [5.41, 5.74) is 3.45. The molecule has 1 heterocycles. The van der Waals surface area contributed by atoms with Gasteiger partial charge in [0, 0.05) is 18.8 Å². The minimum absolute atomic E-state index is 0.158. The van der Waals surface area contributed by atoms with E-state index in [1.54, 1.807) is 7.11 Å². The minimum Gasteiger partial charge on any atom is -0.497 e. The zero-order chi connectivity index (χ0) is 17.1. The standard InChI is InChI=1S/C20H24N2O2/c1-15(21(2)14-16-7-6-9-18(13-16)24-3)20(23)22-12-11-17-8-4-5-10-19(17)22/h4-10,13,15H,11-12,14H2,1-3H3/t15-/m1/s1. The van der Waals surface area contributed by atoms with E-state index >= 15 is 0 Å². The van der Waals surface area contributed by atoms with E-state index in [0.29, 0.717) is 6.54 Å². The Balaban J connectivity index is 1.69. The average Bonchev–Trinajstić information content (AvgIpc) is 3.04. The number of methoxy groups -OCH3 is 1. The Morgan fingerprint density at radius 2 is 2.04 bits per heavy atom. The Kier molecular flexibility index (Phi) is 4.86. The second-order valence-corrected chi connectivity index (χ2v) is 6.31. The van der Waals surface area contributed by atoms with Crippen molar-refractivity contribution in [1.29, 1.82) is 0 Å². The number of para-hydroxylation sites is 1. The number of hydrogen-bond acceptors (Lipinski definition) is 3. The molecular weight excluding hydrogens is 300 g/mol. The molecule has 1 aliphatic rings. The third-order valence-electron chi connectivity index (χ3n) is 4.74. The van der Waals surface area contributed by atoms with E-state index in [1.165, 1.54) is 5.56 Å². The van der Waals surface area contributed by atoms with Crippen LogP contribution in [0.15, 0.2) is 48.5 Å². The third kappa shape index (κ3) is 3.29. The van der Waals surface area contributed by atoms with Crippen molar-refractivity contribution in [3.8, 4) is 5.75 Å². The Bertz CT molecular complexity index is 729. The second kappa shape index (κ2) is 7.05. The molecule has 0 saturated carbocycles. The van der Waals surface area contributed by atoms with Gasteiger partial charge in [-0.1, -0.05) is 30.3 Å². The summed E-state index contributed by atoms with van der Waals surface area (Å²) in [5.74, 6) is 0.999. The Labute approximate surface area is 143 Å². The van der Waals surface area contributed by atoms with Crippen LogP contribution in [0.25, 0.3) is 0 Å². The molecule has 4 heteroatoms. The van der Waals surface area contributed by atoms with E-state index in [4.69, 9.17) is 4.74 Å². The van der Waals surface area contributed by atoms with Crippen LogP contribution in [0.2, 0.25) is 0 Å². The SMILES string of the molecule is COc1cccc(CN(C)[C@H](C)C(=O)N2CCc3ccccc32)c1. The van der Waals surface area contributed by atoms with E-state index in [2.05, 4.69) is 17.0 Å². The summed E-state index contributed by atoms with van der Waals surface area (Å²) >= 11 is 0. The first-order valence-electron chi connectivity index (χ1n) is 8.32. The first kappa shape index (κ1) is 16.5. The number of amides is 1. The van der Waals surface area contributed by atoms with Gasteiger partial charge < -0.3 is 9.64 Å². The molecule has 0 bridgehead atoms. The molecule has 0 saturated heterocycles. The van der Waals surface area contributed by atoms with Gasteiger partial charge in [0.25, 0.3) is 0 Å². The zero-order valence-electron chi connectivity index (χ0n) is 14.5. The predicted octanol–water partition coefficient (Wildman–Crippen LogP) is 3.10. The molecule has 126 valence electrons. The lowest BCUT2D eigenvalue weighted by Gasteiger charge is -2.28. The normalized spacial score (nSPS) is 14.6. The lowest BCUT2D eigenvalue weighted by atomic mass is 10.1. The topological polar surface area (TPSA) is 32.8 Å². The van der Waals surface area contributed by atoms with Gasteiger partial charge in [0.05, 0.1) is 13.2 Å². The van der Waals surface area contributed by atoms with Crippen LogP contribution in [0.4, 0.5) is 5.69 Å². The van der Waals surface area contributed by atoms with Crippen molar-refractivity contribution in [2.75, 3.05) is 25.6 Å². The van der Waals surface area contributed by atoms with Crippen molar-refractivity contribution >= 4 is 11.6 Å². The van der Waals surface area contributed by atoms with Gasteiger partial charge in [-0.15, -0.1) is 0 Å². The summed E-state index contributed by atoms with van der Waals surface area (Å²) in [6.45, 7) is 3.46. The molecular formula is C20H24N2O2. The van der Waals surface area contributed by atoms with Crippen LogP contribution >= 0.6 is 0 Å². The summed E-state index contributed by atoms with van der Waals surface area (Å²) in [5, 5.41) is 0. The smallest absolute Gasteiger partial charge is 0.244 e. The molecule has 24 heavy (non-hydrogen) atoms. The van der Waals surface area contributed by atoms with E-state index in [0.717, 1.165) is 30.0 Å². The zero-order valence-corrected chi connectivity index (χ0v) is 14.5. The van der Waals surface area contributed by atoms with Crippen molar-refractivity contribution < 1.29 is 9.53 Å². The highest BCUT2D eigenvalue weighted by atomic mass is 16.5. The van der Waals surface area contributed by atoms with Gasteiger partial charge in [-0.05, 0) is 49.7 Å². The van der Waals surface area contributed by atoms with Gasteiger partial charge in [0.2, 0.25) is 5.91 Å². The number of nitrogens with zero attached hydrogens (tertiary/aromatic N) is 2. The first-order valence-corrected chi connectivity index (χ1v) is 8.32. The largest absolute Gasteiger partial charge is 0.497 e. The number of ether oxygens (including phenoxy) is 1. The summed E-state index contributed by atoms with van der Waals surface area (Å²) in [6, 6.07) is 16.0. The van der Waals surface area contributed by atoms with Crippen LogP contribution in [0.3, 0.4) is 0 Å². The summed E-state index contributed by atoms with van der Waals surface area (Å²) in [4.78, 5) is 16.9. The maximum Gasteiger partial charge on any atom is 0.244 e. The van der Waals surface area contributed by atoms with Gasteiger partial charge in [-0.25, -0.2) is 0 Å². The first-order chi connectivity index (χ1) is 11.6. The third-order valence-corrected chi connectivity index (χ3v) is 4.74. The highest BCUT2D eigenvalue weighted by molar-refractivity contribution is 5.98. The summed E-state index contributed by atoms with van der Waals surface area (Å²) < 4.78 is 5.27. The molecule has 0 fully saturated rings. The van der Waals surface area contributed by atoms with Gasteiger partial charge in [-0.2, -0.15) is 0 Å². The molecule has 1 aliphatic heterocycles. The van der Waals surface area contributed by atoms with Crippen LogP contribution in [-0.2, 0) is 17.8 Å². The van der Waals surface area contributed by atoms with E-state index in [1.807, 2.05) is 55.3 Å². The quantitative estimate of drug-likeness (QED) is 0.847. The molecule has 2 aromatic rings. The van der Waals surface area contributed by atoms with Crippen LogP contribution < -0.4 is 9.64 Å². The Morgan fingerprint density at radius 3 is 2.83 bits per heavy atom. The lowest BCUT2D eigenvalue weighted by molar-refractivity contribution is -0.122. The van der Waals surface area contributed by atoms with Gasteiger partial charge in [0.1, 0.15) is 5.75 Å². The molecule has 1 amide bonds. The molecule has 0 aliphatic carbocycles. The van der Waals surface area contributed by atoms with Crippen molar-refractivity contribution in [3.05, 3.63) is 59.7 Å². The molecule has 4 nitrogen and oxygen atoms in total. The number of carbonyl (C=O) groups excluding carboxylic acids is 1. The molecule has 0 spiro atoms. The van der Waals surface area contributed by atoms with Gasteiger partial charge in [0.15, 0.2) is 0 Å². The predicted molar refractivity (Wildman–Crippen MR) is 96.4 cm³/mol. The molecule has 1 atom stereocenters. The van der Waals surface area contributed by atoms with Crippen LogP contribution in [0.1, 0.15) is 18.1 Å².